The monoisotopic (exact) mass is 267 g/mol. The van der Waals surface area contributed by atoms with Crippen molar-refractivity contribution in [1.82, 2.24) is 10.2 Å². The fourth-order valence-electron chi connectivity index (χ4n) is 2.04. The molecule has 7 heteroatoms. The van der Waals surface area contributed by atoms with Gasteiger partial charge in [0.2, 0.25) is 5.91 Å². The SMILES string of the molecule is CC[C@@H](N)C(=O)NCC1CCN(CC(F)(F)F)C1. The van der Waals surface area contributed by atoms with E-state index in [2.05, 4.69) is 5.32 Å². The Balaban J connectivity index is 2.25. The molecule has 0 aromatic rings. The number of hydrogen-bond acceptors (Lipinski definition) is 3. The fraction of sp³-hybridized carbons (Fsp3) is 0.909. The number of nitrogens with one attached hydrogen (secondary N) is 1. The Kier molecular flexibility index (Phi) is 5.40. The van der Waals surface area contributed by atoms with Crippen molar-refractivity contribution < 1.29 is 18.0 Å². The molecule has 1 heterocycles. The number of likely N-dealkylation sites (tertiary alicyclic amines) is 1. The average Bonchev–Trinajstić information content (AvgIpc) is 2.69. The second-order valence-corrected chi connectivity index (χ2v) is 4.76. The van der Waals surface area contributed by atoms with Gasteiger partial charge in [-0.25, -0.2) is 0 Å². The van der Waals surface area contributed by atoms with E-state index in [1.807, 2.05) is 6.92 Å². The van der Waals surface area contributed by atoms with E-state index >= 15 is 0 Å². The normalized spacial score (nSPS) is 23.1. The van der Waals surface area contributed by atoms with Crippen molar-refractivity contribution in [2.45, 2.75) is 32.0 Å². The van der Waals surface area contributed by atoms with Crippen LogP contribution in [0.1, 0.15) is 19.8 Å². The highest BCUT2D eigenvalue weighted by Gasteiger charge is 2.34. The number of rotatable bonds is 5. The molecule has 18 heavy (non-hydrogen) atoms. The highest BCUT2D eigenvalue weighted by Crippen LogP contribution is 2.22. The Labute approximate surface area is 105 Å². The molecule has 106 valence electrons. The van der Waals surface area contributed by atoms with Gasteiger partial charge in [0.05, 0.1) is 12.6 Å². The van der Waals surface area contributed by atoms with Crippen LogP contribution in [0.2, 0.25) is 0 Å². The predicted octanol–water partition coefficient (Wildman–Crippen LogP) is 0.724. The van der Waals surface area contributed by atoms with Gasteiger partial charge in [-0.3, -0.25) is 9.69 Å². The number of alkyl halides is 3. The van der Waals surface area contributed by atoms with E-state index in [1.54, 1.807) is 0 Å². The van der Waals surface area contributed by atoms with Gasteiger partial charge in [0.25, 0.3) is 0 Å². The van der Waals surface area contributed by atoms with E-state index in [-0.39, 0.29) is 11.8 Å². The summed E-state index contributed by atoms with van der Waals surface area (Å²) in [6.45, 7) is 2.15. The molecule has 2 atom stereocenters. The summed E-state index contributed by atoms with van der Waals surface area (Å²) in [5.41, 5.74) is 5.54. The molecule has 0 aromatic carbocycles. The van der Waals surface area contributed by atoms with E-state index in [0.29, 0.717) is 32.5 Å². The van der Waals surface area contributed by atoms with Crippen LogP contribution in [0.3, 0.4) is 0 Å². The third-order valence-electron chi connectivity index (χ3n) is 3.11. The second kappa shape index (κ2) is 6.38. The van der Waals surface area contributed by atoms with Crippen LogP contribution in [0.25, 0.3) is 0 Å². The fourth-order valence-corrected chi connectivity index (χ4v) is 2.04. The van der Waals surface area contributed by atoms with E-state index in [1.165, 1.54) is 4.90 Å². The number of hydrogen-bond donors (Lipinski definition) is 2. The van der Waals surface area contributed by atoms with Crippen molar-refractivity contribution in [3.63, 3.8) is 0 Å². The standard InChI is InChI=1S/C11H20F3N3O/c1-2-9(15)10(18)16-5-8-3-4-17(6-8)7-11(12,13)14/h8-9H,2-7,15H2,1H3,(H,16,18)/t8?,9-/m1/s1. The molecule has 1 fully saturated rings. The molecule has 1 aliphatic rings. The molecule has 4 nitrogen and oxygen atoms in total. The van der Waals surface area contributed by atoms with Crippen molar-refractivity contribution in [2.24, 2.45) is 11.7 Å². The average molecular weight is 267 g/mol. The maximum Gasteiger partial charge on any atom is 0.401 e. The first-order valence-electron chi connectivity index (χ1n) is 6.14. The number of nitrogens with two attached hydrogens (primary N) is 1. The number of halogens is 3. The zero-order valence-corrected chi connectivity index (χ0v) is 10.5. The summed E-state index contributed by atoms with van der Waals surface area (Å²) in [5, 5.41) is 2.69. The minimum Gasteiger partial charge on any atom is -0.354 e. The van der Waals surface area contributed by atoms with Crippen LogP contribution >= 0.6 is 0 Å². The van der Waals surface area contributed by atoms with Gasteiger partial charge in [0.1, 0.15) is 0 Å². The molecule has 0 aliphatic carbocycles. The largest absolute Gasteiger partial charge is 0.401 e. The number of carbonyl (C=O) groups is 1. The molecule has 0 radical (unpaired) electrons. The summed E-state index contributed by atoms with van der Waals surface area (Å²) in [4.78, 5) is 12.8. The van der Waals surface area contributed by atoms with Crippen LogP contribution < -0.4 is 11.1 Å². The van der Waals surface area contributed by atoms with E-state index in [4.69, 9.17) is 5.73 Å². The molecule has 1 saturated heterocycles. The third-order valence-corrected chi connectivity index (χ3v) is 3.11. The molecule has 1 unspecified atom stereocenters. The maximum atomic E-state index is 12.2. The summed E-state index contributed by atoms with van der Waals surface area (Å²) in [5.74, 6) is -0.146. The van der Waals surface area contributed by atoms with Crippen LogP contribution in [0.5, 0.6) is 0 Å². The summed E-state index contributed by atoms with van der Waals surface area (Å²) < 4.78 is 36.5. The molecule has 0 saturated carbocycles. The van der Waals surface area contributed by atoms with Crippen molar-refractivity contribution in [3.05, 3.63) is 0 Å². The summed E-state index contributed by atoms with van der Waals surface area (Å²) in [6.07, 6.45) is -2.92. The molecule has 1 rings (SSSR count). The lowest BCUT2D eigenvalue weighted by Gasteiger charge is -2.18. The Bertz CT molecular complexity index is 283. The molecular weight excluding hydrogens is 247 g/mol. The first-order valence-corrected chi connectivity index (χ1v) is 6.14. The Morgan fingerprint density at radius 1 is 1.56 bits per heavy atom. The van der Waals surface area contributed by atoms with Gasteiger partial charge in [-0.2, -0.15) is 13.2 Å². The van der Waals surface area contributed by atoms with Crippen LogP contribution in [-0.4, -0.2) is 49.2 Å². The summed E-state index contributed by atoms with van der Waals surface area (Å²) in [6, 6.07) is -0.530. The van der Waals surface area contributed by atoms with E-state index in [0.717, 1.165) is 0 Å². The Morgan fingerprint density at radius 3 is 2.78 bits per heavy atom. The van der Waals surface area contributed by atoms with E-state index < -0.39 is 18.8 Å². The van der Waals surface area contributed by atoms with Gasteiger partial charge in [0.15, 0.2) is 0 Å². The minimum atomic E-state index is -4.15. The van der Waals surface area contributed by atoms with Gasteiger partial charge >= 0.3 is 6.18 Å². The highest BCUT2D eigenvalue weighted by atomic mass is 19.4. The maximum absolute atomic E-state index is 12.2. The summed E-state index contributed by atoms with van der Waals surface area (Å²) >= 11 is 0. The first kappa shape index (κ1) is 15.2. The van der Waals surface area contributed by atoms with Gasteiger partial charge < -0.3 is 11.1 Å². The van der Waals surface area contributed by atoms with Crippen molar-refractivity contribution >= 4 is 5.91 Å². The van der Waals surface area contributed by atoms with Gasteiger partial charge in [-0.05, 0) is 25.3 Å². The topological polar surface area (TPSA) is 58.4 Å². The summed E-state index contributed by atoms with van der Waals surface area (Å²) in [7, 11) is 0. The second-order valence-electron chi connectivity index (χ2n) is 4.76. The highest BCUT2D eigenvalue weighted by molar-refractivity contribution is 5.81. The van der Waals surface area contributed by atoms with E-state index in [9.17, 15) is 18.0 Å². The zero-order chi connectivity index (χ0) is 13.8. The lowest BCUT2D eigenvalue weighted by Crippen LogP contribution is -2.42. The van der Waals surface area contributed by atoms with Crippen molar-refractivity contribution in [3.8, 4) is 0 Å². The molecule has 1 amide bonds. The Hall–Kier alpha value is -0.820. The minimum absolute atomic E-state index is 0.0837. The van der Waals surface area contributed by atoms with Crippen LogP contribution in [0, 0.1) is 5.92 Å². The molecular formula is C11H20F3N3O. The number of amides is 1. The molecule has 0 aromatic heterocycles. The molecule has 1 aliphatic heterocycles. The van der Waals surface area contributed by atoms with Gasteiger partial charge in [0, 0.05) is 13.1 Å². The van der Waals surface area contributed by atoms with Crippen molar-refractivity contribution in [1.29, 1.82) is 0 Å². The van der Waals surface area contributed by atoms with Gasteiger partial charge in [-0.1, -0.05) is 6.92 Å². The lowest BCUT2D eigenvalue weighted by atomic mass is 10.1. The first-order chi connectivity index (χ1) is 8.31. The third kappa shape index (κ3) is 5.22. The lowest BCUT2D eigenvalue weighted by molar-refractivity contribution is -0.143. The smallest absolute Gasteiger partial charge is 0.354 e. The zero-order valence-electron chi connectivity index (χ0n) is 10.5. The number of carbonyl (C=O) groups excluding carboxylic acids is 1. The molecule has 0 bridgehead atoms. The van der Waals surface area contributed by atoms with Crippen molar-refractivity contribution in [2.75, 3.05) is 26.2 Å². The quantitative estimate of drug-likeness (QED) is 0.772. The Morgan fingerprint density at radius 2 is 2.22 bits per heavy atom. The van der Waals surface area contributed by atoms with Crippen LogP contribution in [0.4, 0.5) is 13.2 Å². The molecule has 3 N–H and O–H groups in total. The van der Waals surface area contributed by atoms with Crippen LogP contribution in [0.15, 0.2) is 0 Å². The number of nitrogens with zero attached hydrogens (tertiary/aromatic N) is 1. The molecule has 0 spiro atoms. The predicted molar refractivity (Wildman–Crippen MR) is 61.9 cm³/mol. The van der Waals surface area contributed by atoms with Gasteiger partial charge in [-0.15, -0.1) is 0 Å². The van der Waals surface area contributed by atoms with Crippen LogP contribution in [-0.2, 0) is 4.79 Å².